The molecule has 0 fully saturated rings. The number of rotatable bonds is 2. The Labute approximate surface area is 131 Å². The molecule has 1 aromatic carbocycles. The molecule has 21 heavy (non-hydrogen) atoms. The monoisotopic (exact) mass is 322 g/mol. The van der Waals surface area contributed by atoms with Crippen molar-refractivity contribution in [3.05, 3.63) is 45.6 Å². The largest absolute Gasteiger partial charge is 0.456 e. The molecule has 1 unspecified atom stereocenters. The molecule has 0 bridgehead atoms. The van der Waals surface area contributed by atoms with E-state index >= 15 is 0 Å². The number of aromatic nitrogens is 2. The summed E-state index contributed by atoms with van der Waals surface area (Å²) in [6.07, 6.45) is -0.886. The number of fused-ring (bicyclic) bond motifs is 1. The van der Waals surface area contributed by atoms with Gasteiger partial charge in [-0.3, -0.25) is 0 Å². The van der Waals surface area contributed by atoms with Gasteiger partial charge in [0.15, 0.2) is 5.58 Å². The average molecular weight is 323 g/mol. The molecule has 1 N–H and O–H groups in total. The molecule has 4 nitrogen and oxygen atoms in total. The molecule has 0 saturated heterocycles. The van der Waals surface area contributed by atoms with Crippen LogP contribution < -0.4 is 0 Å². The number of hydrogen-bond donors (Lipinski definition) is 1. The van der Waals surface area contributed by atoms with Crippen LogP contribution in [0.25, 0.3) is 11.0 Å². The van der Waals surface area contributed by atoms with Gasteiger partial charge in [-0.15, -0.1) is 5.10 Å². The summed E-state index contributed by atoms with van der Waals surface area (Å²) >= 11 is 7.30. The van der Waals surface area contributed by atoms with Gasteiger partial charge in [0, 0.05) is 10.8 Å². The zero-order valence-electron chi connectivity index (χ0n) is 11.9. The van der Waals surface area contributed by atoms with Crippen molar-refractivity contribution in [2.45, 2.75) is 32.3 Å². The highest BCUT2D eigenvalue weighted by Gasteiger charge is 2.29. The van der Waals surface area contributed by atoms with Gasteiger partial charge in [-0.1, -0.05) is 49.0 Å². The Bertz CT molecular complexity index is 788. The van der Waals surface area contributed by atoms with Gasteiger partial charge in [-0.05, 0) is 23.7 Å². The van der Waals surface area contributed by atoms with Crippen molar-refractivity contribution in [3.8, 4) is 0 Å². The molecule has 0 aliphatic rings. The molecule has 0 aliphatic heterocycles. The summed E-state index contributed by atoms with van der Waals surface area (Å²) in [6.45, 7) is 6.11. The lowest BCUT2D eigenvalue weighted by molar-refractivity contribution is 0.193. The van der Waals surface area contributed by atoms with Crippen molar-refractivity contribution in [2.24, 2.45) is 0 Å². The minimum Gasteiger partial charge on any atom is -0.456 e. The maximum Gasteiger partial charge on any atom is 0.153 e. The Morgan fingerprint density at radius 3 is 2.76 bits per heavy atom. The number of nitrogens with zero attached hydrogens (tertiary/aromatic N) is 2. The average Bonchev–Trinajstić information content (AvgIpc) is 3.04. The topological polar surface area (TPSA) is 59.2 Å². The molecule has 110 valence electrons. The van der Waals surface area contributed by atoms with Gasteiger partial charge in [-0.25, -0.2) is 0 Å². The molecule has 0 radical (unpaired) electrons. The van der Waals surface area contributed by atoms with E-state index in [0.717, 1.165) is 11.1 Å². The number of benzene rings is 1. The summed E-state index contributed by atoms with van der Waals surface area (Å²) in [5, 5.41) is 16.2. The Balaban J connectivity index is 2.07. The fraction of sp³-hybridized carbons (Fsp3) is 0.333. The summed E-state index contributed by atoms with van der Waals surface area (Å²) in [6, 6.07) is 7.32. The Kier molecular flexibility index (Phi) is 3.51. The second-order valence-corrected chi connectivity index (χ2v) is 7.14. The van der Waals surface area contributed by atoms with E-state index in [1.165, 1.54) is 11.5 Å². The molecule has 3 rings (SSSR count). The van der Waals surface area contributed by atoms with Gasteiger partial charge >= 0.3 is 0 Å². The number of furan rings is 1. The van der Waals surface area contributed by atoms with E-state index in [9.17, 15) is 5.11 Å². The van der Waals surface area contributed by atoms with E-state index in [1.54, 1.807) is 12.1 Å². The zero-order chi connectivity index (χ0) is 15.2. The van der Waals surface area contributed by atoms with Gasteiger partial charge in [0.05, 0.1) is 15.6 Å². The van der Waals surface area contributed by atoms with Gasteiger partial charge in [0.2, 0.25) is 0 Å². The fourth-order valence-electron chi connectivity index (χ4n) is 2.21. The lowest BCUT2D eigenvalue weighted by Gasteiger charge is -2.18. The third-order valence-corrected chi connectivity index (χ3v) is 4.33. The van der Waals surface area contributed by atoms with Gasteiger partial charge in [0.1, 0.15) is 11.9 Å². The van der Waals surface area contributed by atoms with E-state index in [4.69, 9.17) is 16.0 Å². The van der Waals surface area contributed by atoms with E-state index in [0.29, 0.717) is 21.2 Å². The lowest BCUT2D eigenvalue weighted by atomic mass is 9.90. The summed E-state index contributed by atoms with van der Waals surface area (Å²) in [7, 11) is 0. The molecular weight excluding hydrogens is 308 g/mol. The Morgan fingerprint density at radius 2 is 2.10 bits per heavy atom. The highest BCUT2D eigenvalue weighted by molar-refractivity contribution is 7.05. The predicted octanol–water partition coefficient (Wildman–Crippen LogP) is 4.32. The molecule has 0 amide bonds. The van der Waals surface area contributed by atoms with Gasteiger partial charge in [0.25, 0.3) is 0 Å². The van der Waals surface area contributed by atoms with E-state index < -0.39 is 6.10 Å². The first-order chi connectivity index (χ1) is 9.88. The van der Waals surface area contributed by atoms with Crippen LogP contribution in [0, 0.1) is 0 Å². The van der Waals surface area contributed by atoms with Crippen molar-refractivity contribution < 1.29 is 9.52 Å². The van der Waals surface area contributed by atoms with Crippen molar-refractivity contribution in [2.75, 3.05) is 0 Å². The molecule has 0 saturated carbocycles. The van der Waals surface area contributed by atoms with Crippen LogP contribution in [0.4, 0.5) is 0 Å². The quantitative estimate of drug-likeness (QED) is 0.763. The highest BCUT2D eigenvalue weighted by atomic mass is 35.5. The fourth-order valence-corrected chi connectivity index (χ4v) is 3.29. The van der Waals surface area contributed by atoms with Crippen molar-refractivity contribution in [1.82, 2.24) is 9.59 Å². The van der Waals surface area contributed by atoms with Crippen LogP contribution in [0.1, 0.15) is 43.2 Å². The zero-order valence-corrected chi connectivity index (χ0v) is 13.5. The Hall–Kier alpha value is -1.43. The first-order valence-corrected chi connectivity index (χ1v) is 7.72. The molecule has 6 heteroatoms. The number of hydrogen-bond acceptors (Lipinski definition) is 5. The van der Waals surface area contributed by atoms with Gasteiger partial charge in [-0.2, -0.15) is 0 Å². The normalized spacial score (nSPS) is 13.8. The van der Waals surface area contributed by atoms with Crippen LogP contribution in [0.15, 0.2) is 28.7 Å². The number of aliphatic hydroxyl groups excluding tert-OH is 1. The second-order valence-electron chi connectivity index (χ2n) is 5.95. The molecular formula is C15H15ClN2O2S. The van der Waals surface area contributed by atoms with Crippen LogP contribution in [0.2, 0.25) is 5.02 Å². The SMILES string of the molecule is CC(C)(C)c1nnsc1C(O)c1cc2cccc(Cl)c2o1. The number of halogens is 1. The standard InChI is InChI=1S/C15H15ClN2O2S/c1-15(2,3)14-13(21-18-17-14)11(19)10-7-8-5-4-6-9(16)12(8)20-10/h4-7,11,19H,1-3H3. The van der Waals surface area contributed by atoms with Crippen molar-refractivity contribution in [3.63, 3.8) is 0 Å². The highest BCUT2D eigenvalue weighted by Crippen LogP contribution is 2.36. The van der Waals surface area contributed by atoms with E-state index in [-0.39, 0.29) is 5.41 Å². The smallest absolute Gasteiger partial charge is 0.153 e. The van der Waals surface area contributed by atoms with Crippen LogP contribution in [0.3, 0.4) is 0 Å². The summed E-state index contributed by atoms with van der Waals surface area (Å²) in [4.78, 5) is 0.706. The summed E-state index contributed by atoms with van der Waals surface area (Å²) < 4.78 is 9.69. The molecule has 0 spiro atoms. The van der Waals surface area contributed by atoms with Crippen molar-refractivity contribution in [1.29, 1.82) is 0 Å². The van der Waals surface area contributed by atoms with Gasteiger partial charge < -0.3 is 9.52 Å². The molecule has 2 aromatic heterocycles. The minimum absolute atomic E-state index is 0.188. The third kappa shape index (κ3) is 2.57. The number of aliphatic hydroxyl groups is 1. The maximum absolute atomic E-state index is 10.6. The van der Waals surface area contributed by atoms with Crippen LogP contribution in [0.5, 0.6) is 0 Å². The molecule has 3 aromatic rings. The lowest BCUT2D eigenvalue weighted by Crippen LogP contribution is -2.15. The van der Waals surface area contributed by atoms with Crippen LogP contribution in [-0.4, -0.2) is 14.7 Å². The number of para-hydroxylation sites is 1. The predicted molar refractivity (Wildman–Crippen MR) is 83.9 cm³/mol. The third-order valence-electron chi connectivity index (χ3n) is 3.26. The summed E-state index contributed by atoms with van der Waals surface area (Å²) in [5.74, 6) is 0.453. The van der Waals surface area contributed by atoms with E-state index in [2.05, 4.69) is 9.59 Å². The van der Waals surface area contributed by atoms with Crippen LogP contribution in [-0.2, 0) is 5.41 Å². The van der Waals surface area contributed by atoms with E-state index in [1.807, 2.05) is 32.9 Å². The van der Waals surface area contributed by atoms with Crippen LogP contribution >= 0.6 is 23.1 Å². The first-order valence-electron chi connectivity index (χ1n) is 6.56. The first kappa shape index (κ1) is 14.5. The minimum atomic E-state index is -0.886. The molecule has 0 aliphatic carbocycles. The van der Waals surface area contributed by atoms with Crippen molar-refractivity contribution >= 4 is 34.1 Å². The summed E-state index contributed by atoms with van der Waals surface area (Å²) in [5.41, 5.74) is 1.18. The molecule has 1 atom stereocenters. The second kappa shape index (κ2) is 5.09. The maximum atomic E-state index is 10.6. The molecule has 2 heterocycles. The Morgan fingerprint density at radius 1 is 1.33 bits per heavy atom.